The molecule has 0 aromatic carbocycles. The minimum Gasteiger partial charge on any atom is -0.329 e. The highest BCUT2D eigenvalue weighted by molar-refractivity contribution is 7.15. The first-order chi connectivity index (χ1) is 8.60. The Balaban J connectivity index is 2.06. The zero-order chi connectivity index (χ0) is 13.1. The van der Waals surface area contributed by atoms with Gasteiger partial charge in [-0.25, -0.2) is 4.98 Å². The number of anilines is 1. The van der Waals surface area contributed by atoms with Crippen LogP contribution in [0.1, 0.15) is 21.1 Å². The molecule has 7 nitrogen and oxygen atoms in total. The first-order valence-electron chi connectivity index (χ1n) is 5.45. The number of nitrogens with two attached hydrogens (primary N) is 1. The SMILES string of the molecule is Cc1nc(NC(=O)c2cn(CCN)nn2)sc1C. The molecule has 2 aromatic heterocycles. The summed E-state index contributed by atoms with van der Waals surface area (Å²) >= 11 is 1.44. The molecule has 0 aliphatic carbocycles. The lowest BCUT2D eigenvalue weighted by molar-refractivity contribution is 0.102. The van der Waals surface area contributed by atoms with Crippen molar-refractivity contribution in [1.82, 2.24) is 20.0 Å². The topological polar surface area (TPSA) is 98.7 Å². The average molecular weight is 266 g/mol. The van der Waals surface area contributed by atoms with Crippen molar-refractivity contribution in [3.8, 4) is 0 Å². The quantitative estimate of drug-likeness (QED) is 0.842. The maximum atomic E-state index is 11.9. The third-order valence-corrected chi connectivity index (χ3v) is 3.37. The van der Waals surface area contributed by atoms with Gasteiger partial charge >= 0.3 is 0 Å². The predicted molar refractivity (Wildman–Crippen MR) is 68.6 cm³/mol. The molecule has 18 heavy (non-hydrogen) atoms. The number of hydrogen-bond acceptors (Lipinski definition) is 6. The van der Waals surface area contributed by atoms with Gasteiger partial charge in [-0.2, -0.15) is 0 Å². The van der Waals surface area contributed by atoms with Crippen molar-refractivity contribution in [3.05, 3.63) is 22.5 Å². The number of carbonyl (C=O) groups is 1. The molecule has 0 saturated carbocycles. The molecule has 3 N–H and O–H groups in total. The first kappa shape index (κ1) is 12.7. The van der Waals surface area contributed by atoms with Gasteiger partial charge in [-0.3, -0.25) is 14.8 Å². The maximum Gasteiger partial charge on any atom is 0.279 e. The molecule has 2 rings (SSSR count). The third-order valence-electron chi connectivity index (χ3n) is 2.38. The monoisotopic (exact) mass is 266 g/mol. The van der Waals surface area contributed by atoms with Gasteiger partial charge in [0.05, 0.1) is 18.4 Å². The van der Waals surface area contributed by atoms with Gasteiger partial charge in [0.2, 0.25) is 0 Å². The van der Waals surface area contributed by atoms with Gasteiger partial charge < -0.3 is 5.73 Å². The highest BCUT2D eigenvalue weighted by Crippen LogP contribution is 2.21. The van der Waals surface area contributed by atoms with E-state index in [-0.39, 0.29) is 11.6 Å². The largest absolute Gasteiger partial charge is 0.329 e. The van der Waals surface area contributed by atoms with Crippen molar-refractivity contribution in [2.45, 2.75) is 20.4 Å². The highest BCUT2D eigenvalue weighted by Gasteiger charge is 2.13. The van der Waals surface area contributed by atoms with Crippen LogP contribution >= 0.6 is 11.3 Å². The lowest BCUT2D eigenvalue weighted by Gasteiger charge is -1.96. The standard InChI is InChI=1S/C10H14N6OS/c1-6-7(2)18-10(12-6)13-9(17)8-5-16(4-3-11)15-14-8/h5H,3-4,11H2,1-2H3,(H,12,13,17). The van der Waals surface area contributed by atoms with Gasteiger partial charge in [-0.05, 0) is 13.8 Å². The minimum absolute atomic E-state index is 0.258. The van der Waals surface area contributed by atoms with Gasteiger partial charge in [-0.1, -0.05) is 5.21 Å². The minimum atomic E-state index is -0.313. The highest BCUT2D eigenvalue weighted by atomic mass is 32.1. The lowest BCUT2D eigenvalue weighted by atomic mass is 10.4. The van der Waals surface area contributed by atoms with Crippen LogP contribution in [-0.2, 0) is 6.54 Å². The molecule has 0 unspecified atom stereocenters. The lowest BCUT2D eigenvalue weighted by Crippen LogP contribution is -2.12. The van der Waals surface area contributed by atoms with Crippen LogP contribution in [0.5, 0.6) is 0 Å². The van der Waals surface area contributed by atoms with Gasteiger partial charge in [0.15, 0.2) is 10.8 Å². The van der Waals surface area contributed by atoms with E-state index in [9.17, 15) is 4.79 Å². The number of hydrogen-bond donors (Lipinski definition) is 2. The third kappa shape index (κ3) is 2.71. The van der Waals surface area contributed by atoms with Crippen molar-refractivity contribution in [1.29, 1.82) is 0 Å². The summed E-state index contributed by atoms with van der Waals surface area (Å²) in [6.45, 7) is 4.85. The zero-order valence-corrected chi connectivity index (χ0v) is 11.0. The van der Waals surface area contributed by atoms with Gasteiger partial charge in [-0.15, -0.1) is 16.4 Å². The van der Waals surface area contributed by atoms with E-state index in [1.54, 1.807) is 6.20 Å². The fourth-order valence-electron chi connectivity index (χ4n) is 1.33. The van der Waals surface area contributed by atoms with Crippen LogP contribution in [0.3, 0.4) is 0 Å². The maximum absolute atomic E-state index is 11.9. The Morgan fingerprint density at radius 1 is 1.56 bits per heavy atom. The molecule has 2 heterocycles. The summed E-state index contributed by atoms with van der Waals surface area (Å²) in [5, 5.41) is 10.9. The number of amides is 1. The second-order valence-electron chi connectivity index (χ2n) is 3.77. The molecule has 0 spiro atoms. The Labute approximate surface area is 108 Å². The molecule has 0 aliphatic heterocycles. The molecule has 0 fully saturated rings. The van der Waals surface area contributed by atoms with Crippen molar-refractivity contribution >= 4 is 22.4 Å². The van der Waals surface area contributed by atoms with Gasteiger partial charge in [0.25, 0.3) is 5.91 Å². The summed E-state index contributed by atoms with van der Waals surface area (Å²) in [7, 11) is 0. The number of nitrogens with zero attached hydrogens (tertiary/aromatic N) is 4. The van der Waals surface area contributed by atoms with Crippen LogP contribution in [0.25, 0.3) is 0 Å². The zero-order valence-electron chi connectivity index (χ0n) is 10.2. The number of carbonyl (C=O) groups excluding carboxylic acids is 1. The van der Waals surface area contributed by atoms with Crippen LogP contribution < -0.4 is 11.1 Å². The number of thiazole rings is 1. The summed E-state index contributed by atoms with van der Waals surface area (Å²) < 4.78 is 1.53. The van der Waals surface area contributed by atoms with Gasteiger partial charge in [0, 0.05) is 11.4 Å². The predicted octanol–water partition coefficient (Wildman–Crippen LogP) is 0.562. The van der Waals surface area contributed by atoms with Gasteiger partial charge in [0.1, 0.15) is 0 Å². The fourth-order valence-corrected chi connectivity index (χ4v) is 2.14. The van der Waals surface area contributed by atoms with E-state index >= 15 is 0 Å². The van der Waals surface area contributed by atoms with Crippen LogP contribution in [0.4, 0.5) is 5.13 Å². The molecule has 0 atom stereocenters. The van der Waals surface area contributed by atoms with Crippen LogP contribution in [0.15, 0.2) is 6.20 Å². The van der Waals surface area contributed by atoms with Crippen molar-refractivity contribution in [2.75, 3.05) is 11.9 Å². The summed E-state index contributed by atoms with van der Waals surface area (Å²) in [4.78, 5) is 17.2. The van der Waals surface area contributed by atoms with E-state index in [0.29, 0.717) is 18.2 Å². The Morgan fingerprint density at radius 3 is 2.94 bits per heavy atom. The van der Waals surface area contributed by atoms with Crippen molar-refractivity contribution in [3.63, 3.8) is 0 Å². The van der Waals surface area contributed by atoms with E-state index in [1.807, 2.05) is 13.8 Å². The number of aromatic nitrogens is 4. The molecule has 0 bridgehead atoms. The molecule has 0 saturated heterocycles. The molecule has 2 aromatic rings. The van der Waals surface area contributed by atoms with E-state index in [1.165, 1.54) is 16.0 Å². The Morgan fingerprint density at radius 2 is 2.33 bits per heavy atom. The molecule has 0 aliphatic rings. The number of nitrogens with one attached hydrogen (secondary N) is 1. The summed E-state index contributed by atoms with van der Waals surface area (Å²) in [6, 6.07) is 0. The Hall–Kier alpha value is -1.80. The molecule has 8 heteroatoms. The van der Waals surface area contributed by atoms with Crippen molar-refractivity contribution in [2.24, 2.45) is 5.73 Å². The summed E-state index contributed by atoms with van der Waals surface area (Å²) in [5.74, 6) is -0.313. The summed E-state index contributed by atoms with van der Waals surface area (Å²) in [5.41, 5.74) is 6.57. The molecule has 1 amide bonds. The number of aryl methyl sites for hydroxylation is 2. The van der Waals surface area contributed by atoms with Crippen LogP contribution in [0.2, 0.25) is 0 Å². The van der Waals surface area contributed by atoms with Crippen molar-refractivity contribution < 1.29 is 4.79 Å². The molecular formula is C10H14N6OS. The van der Waals surface area contributed by atoms with E-state index in [2.05, 4.69) is 20.6 Å². The Bertz CT molecular complexity index is 541. The van der Waals surface area contributed by atoms with Crippen LogP contribution in [-0.4, -0.2) is 32.4 Å². The fraction of sp³-hybridized carbons (Fsp3) is 0.400. The first-order valence-corrected chi connectivity index (χ1v) is 6.27. The molecule has 0 radical (unpaired) electrons. The molecular weight excluding hydrogens is 252 g/mol. The van der Waals surface area contributed by atoms with E-state index < -0.39 is 0 Å². The molecule has 96 valence electrons. The second-order valence-corrected chi connectivity index (χ2v) is 4.97. The second kappa shape index (κ2) is 5.23. The number of rotatable bonds is 4. The Kier molecular flexibility index (Phi) is 3.68. The van der Waals surface area contributed by atoms with Crippen LogP contribution in [0, 0.1) is 13.8 Å². The average Bonchev–Trinajstić information content (AvgIpc) is 2.88. The summed E-state index contributed by atoms with van der Waals surface area (Å²) in [6.07, 6.45) is 1.56. The van der Waals surface area contributed by atoms with E-state index in [0.717, 1.165) is 10.6 Å². The van der Waals surface area contributed by atoms with E-state index in [4.69, 9.17) is 5.73 Å². The smallest absolute Gasteiger partial charge is 0.279 e. The normalized spacial score (nSPS) is 10.6.